The summed E-state index contributed by atoms with van der Waals surface area (Å²) in [5.41, 5.74) is 1.28. The Morgan fingerprint density at radius 3 is 2.37 bits per heavy atom. The van der Waals surface area contributed by atoms with Crippen LogP contribution in [-0.4, -0.2) is 46.8 Å². The van der Waals surface area contributed by atoms with E-state index in [4.69, 9.17) is 11.6 Å². The fourth-order valence-electron chi connectivity index (χ4n) is 2.31. The van der Waals surface area contributed by atoms with Crippen LogP contribution >= 0.6 is 11.6 Å². The topological polar surface area (TPSA) is 112 Å². The van der Waals surface area contributed by atoms with Gasteiger partial charge in [0.1, 0.15) is 5.15 Å². The number of carbonyl (C=O) groups is 3. The van der Waals surface area contributed by atoms with E-state index >= 15 is 0 Å². The van der Waals surface area contributed by atoms with Crippen LogP contribution in [0.25, 0.3) is 0 Å². The van der Waals surface area contributed by atoms with E-state index in [2.05, 4.69) is 24.9 Å². The summed E-state index contributed by atoms with van der Waals surface area (Å²) in [4.78, 5) is 39.6. The van der Waals surface area contributed by atoms with Crippen LogP contribution in [0.4, 0.5) is 5.69 Å². The zero-order valence-corrected chi connectivity index (χ0v) is 15.8. The maximum absolute atomic E-state index is 12.4. The molecule has 0 aromatic carbocycles. The van der Waals surface area contributed by atoms with Crippen molar-refractivity contribution in [2.75, 3.05) is 19.5 Å². The van der Waals surface area contributed by atoms with E-state index < -0.39 is 23.9 Å². The first-order chi connectivity index (χ1) is 12.8. The SMILES string of the molecule is COC(=O)CC(CC(=O)OC)n1cc(NC(=O)c2ccc(C)nc2Cl)cn1. The third-order valence-electron chi connectivity index (χ3n) is 3.73. The van der Waals surface area contributed by atoms with Crippen LogP contribution in [0.1, 0.15) is 34.9 Å². The van der Waals surface area contributed by atoms with Crippen molar-refractivity contribution in [3.05, 3.63) is 40.9 Å². The number of amides is 1. The predicted octanol–water partition coefficient (Wildman–Crippen LogP) is 2.16. The summed E-state index contributed by atoms with van der Waals surface area (Å²) in [7, 11) is 2.51. The number of ether oxygens (including phenoxy) is 2. The lowest BCUT2D eigenvalue weighted by Crippen LogP contribution is -2.19. The van der Waals surface area contributed by atoms with Crippen molar-refractivity contribution in [2.45, 2.75) is 25.8 Å². The first-order valence-corrected chi connectivity index (χ1v) is 8.34. The molecule has 0 atom stereocenters. The number of esters is 2. The van der Waals surface area contributed by atoms with Gasteiger partial charge in [0.05, 0.1) is 50.6 Å². The van der Waals surface area contributed by atoms with Gasteiger partial charge in [-0.1, -0.05) is 11.6 Å². The van der Waals surface area contributed by atoms with Gasteiger partial charge in [-0.2, -0.15) is 5.10 Å². The van der Waals surface area contributed by atoms with Crippen molar-refractivity contribution in [2.24, 2.45) is 0 Å². The lowest BCUT2D eigenvalue weighted by molar-refractivity contribution is -0.144. The molecule has 0 aliphatic rings. The van der Waals surface area contributed by atoms with Crippen molar-refractivity contribution >= 4 is 35.1 Å². The average molecular weight is 395 g/mol. The Balaban J connectivity index is 2.15. The van der Waals surface area contributed by atoms with Crippen LogP contribution in [0.5, 0.6) is 0 Å². The van der Waals surface area contributed by atoms with Gasteiger partial charge in [-0.3, -0.25) is 19.1 Å². The third kappa shape index (κ3) is 5.52. The quantitative estimate of drug-likeness (QED) is 0.565. The molecular weight excluding hydrogens is 376 g/mol. The zero-order chi connectivity index (χ0) is 20.0. The van der Waals surface area contributed by atoms with Gasteiger partial charge in [-0.05, 0) is 19.1 Å². The van der Waals surface area contributed by atoms with Crippen LogP contribution in [-0.2, 0) is 19.1 Å². The second-order valence-corrected chi connectivity index (χ2v) is 6.03. The minimum absolute atomic E-state index is 0.0750. The van der Waals surface area contributed by atoms with E-state index in [1.807, 2.05) is 0 Å². The largest absolute Gasteiger partial charge is 0.469 e. The number of rotatable bonds is 7. The molecule has 0 aliphatic heterocycles. The summed E-state index contributed by atoms with van der Waals surface area (Å²) in [6, 6.07) is 2.63. The van der Waals surface area contributed by atoms with Crippen LogP contribution in [0.2, 0.25) is 5.15 Å². The molecule has 1 N–H and O–H groups in total. The molecule has 0 unspecified atom stereocenters. The Kier molecular flexibility index (Phi) is 6.89. The number of nitrogens with zero attached hydrogens (tertiary/aromatic N) is 3. The third-order valence-corrected chi connectivity index (χ3v) is 4.01. The second-order valence-electron chi connectivity index (χ2n) is 5.67. The summed E-state index contributed by atoms with van der Waals surface area (Å²) >= 11 is 6.00. The van der Waals surface area contributed by atoms with Crippen LogP contribution in [0.15, 0.2) is 24.5 Å². The van der Waals surface area contributed by atoms with E-state index in [1.165, 1.54) is 31.3 Å². The molecule has 0 fully saturated rings. The monoisotopic (exact) mass is 394 g/mol. The molecule has 2 aromatic rings. The van der Waals surface area contributed by atoms with Gasteiger partial charge in [0.15, 0.2) is 0 Å². The van der Waals surface area contributed by atoms with Gasteiger partial charge in [-0.15, -0.1) is 0 Å². The number of aryl methyl sites for hydroxylation is 1. The fourth-order valence-corrected chi connectivity index (χ4v) is 2.59. The van der Waals surface area contributed by atoms with Gasteiger partial charge in [0, 0.05) is 11.9 Å². The molecule has 0 saturated carbocycles. The smallest absolute Gasteiger partial charge is 0.307 e. The van der Waals surface area contributed by atoms with E-state index in [0.29, 0.717) is 11.4 Å². The number of halogens is 1. The molecule has 0 aliphatic carbocycles. The molecular formula is C17H19ClN4O5. The first kappa shape index (κ1) is 20.4. The van der Waals surface area contributed by atoms with Crippen LogP contribution in [0, 0.1) is 6.92 Å². The van der Waals surface area contributed by atoms with Crippen molar-refractivity contribution in [1.29, 1.82) is 0 Å². The van der Waals surface area contributed by atoms with Gasteiger partial charge in [0.25, 0.3) is 5.91 Å². The minimum Gasteiger partial charge on any atom is -0.469 e. The molecule has 9 nitrogen and oxygen atoms in total. The van der Waals surface area contributed by atoms with E-state index in [9.17, 15) is 14.4 Å². The van der Waals surface area contributed by atoms with Crippen LogP contribution in [0.3, 0.4) is 0 Å². The lowest BCUT2D eigenvalue weighted by Gasteiger charge is -2.15. The molecule has 27 heavy (non-hydrogen) atoms. The number of pyridine rings is 1. The number of methoxy groups -OCH3 is 2. The van der Waals surface area contributed by atoms with Gasteiger partial charge in [0.2, 0.25) is 0 Å². The summed E-state index contributed by atoms with van der Waals surface area (Å²) in [6.45, 7) is 1.76. The highest BCUT2D eigenvalue weighted by molar-refractivity contribution is 6.33. The molecule has 2 aromatic heterocycles. The maximum Gasteiger partial charge on any atom is 0.307 e. The molecule has 0 bridgehead atoms. The molecule has 0 spiro atoms. The molecule has 0 radical (unpaired) electrons. The highest BCUT2D eigenvalue weighted by atomic mass is 35.5. The maximum atomic E-state index is 12.4. The first-order valence-electron chi connectivity index (χ1n) is 7.96. The van der Waals surface area contributed by atoms with Crippen molar-refractivity contribution in [3.8, 4) is 0 Å². The number of hydrogen-bond donors (Lipinski definition) is 1. The number of aromatic nitrogens is 3. The minimum atomic E-state index is -0.611. The zero-order valence-electron chi connectivity index (χ0n) is 15.1. The molecule has 10 heteroatoms. The molecule has 2 rings (SSSR count). The Labute approximate surface area is 160 Å². The van der Waals surface area contributed by atoms with E-state index in [1.54, 1.807) is 19.1 Å². The number of nitrogens with one attached hydrogen (secondary N) is 1. The number of anilines is 1. The molecule has 0 saturated heterocycles. The summed E-state index contributed by atoms with van der Waals surface area (Å²) in [5.74, 6) is -1.45. The highest BCUT2D eigenvalue weighted by Gasteiger charge is 2.22. The van der Waals surface area contributed by atoms with Gasteiger partial charge >= 0.3 is 11.9 Å². The Hall–Kier alpha value is -2.94. The lowest BCUT2D eigenvalue weighted by atomic mass is 10.1. The van der Waals surface area contributed by atoms with Gasteiger partial charge in [-0.25, -0.2) is 4.98 Å². The Morgan fingerprint density at radius 1 is 1.19 bits per heavy atom. The summed E-state index contributed by atoms with van der Waals surface area (Å²) in [6.07, 6.45) is 2.75. The molecule has 1 amide bonds. The fraction of sp³-hybridized carbons (Fsp3) is 0.353. The van der Waals surface area contributed by atoms with Gasteiger partial charge < -0.3 is 14.8 Å². The molecule has 2 heterocycles. The summed E-state index contributed by atoms with van der Waals surface area (Å²) in [5, 5.41) is 6.85. The number of hydrogen-bond acceptors (Lipinski definition) is 7. The second kappa shape index (κ2) is 9.13. The predicted molar refractivity (Wildman–Crippen MR) is 96.5 cm³/mol. The summed E-state index contributed by atoms with van der Waals surface area (Å²) < 4.78 is 10.7. The standard InChI is InChI=1S/C17H19ClN4O5/c1-10-4-5-13(16(18)20-10)17(25)21-11-8-19-22(9-11)12(6-14(23)26-2)7-15(24)27-3/h4-5,8-9,12H,6-7H2,1-3H3,(H,21,25). The Morgan fingerprint density at radius 2 is 1.81 bits per heavy atom. The molecule has 144 valence electrons. The Bertz CT molecular complexity index is 834. The normalized spacial score (nSPS) is 10.6. The van der Waals surface area contributed by atoms with Crippen molar-refractivity contribution in [1.82, 2.24) is 14.8 Å². The van der Waals surface area contributed by atoms with Crippen LogP contribution < -0.4 is 5.32 Å². The number of carbonyl (C=O) groups excluding carboxylic acids is 3. The van der Waals surface area contributed by atoms with Crippen molar-refractivity contribution < 1.29 is 23.9 Å². The average Bonchev–Trinajstić information content (AvgIpc) is 3.09. The van der Waals surface area contributed by atoms with Crippen molar-refractivity contribution in [3.63, 3.8) is 0 Å². The van der Waals surface area contributed by atoms with E-state index in [0.717, 1.165) is 0 Å². The highest BCUT2D eigenvalue weighted by Crippen LogP contribution is 2.21. The van der Waals surface area contributed by atoms with E-state index in [-0.39, 0.29) is 23.6 Å².